The van der Waals surface area contributed by atoms with Crippen LogP contribution in [0.5, 0.6) is 0 Å². The molecule has 3 rings (SSSR count). The molecule has 1 aliphatic rings. The second kappa shape index (κ2) is 9.78. The third-order valence-corrected chi connectivity index (χ3v) is 6.12. The van der Waals surface area contributed by atoms with Crippen molar-refractivity contribution in [3.8, 4) is 0 Å². The summed E-state index contributed by atoms with van der Waals surface area (Å²) in [5, 5.41) is 3.47. The van der Waals surface area contributed by atoms with Crippen LogP contribution in [-0.4, -0.2) is 52.0 Å². The van der Waals surface area contributed by atoms with Crippen molar-refractivity contribution in [3.05, 3.63) is 46.0 Å². The van der Waals surface area contributed by atoms with E-state index in [1.165, 1.54) is 16.9 Å². The Hall–Kier alpha value is -2.45. The SMILES string of the molecule is CCN(CC)Cc1ccc(C(=O)Nc2nc3c(s2)CN(C(=O)OC(C)(C)C)CC3)cc1. The summed E-state index contributed by atoms with van der Waals surface area (Å²) < 4.78 is 5.47. The lowest BCUT2D eigenvalue weighted by molar-refractivity contribution is 0.0225. The molecule has 1 N–H and O–H groups in total. The van der Waals surface area contributed by atoms with E-state index in [-0.39, 0.29) is 12.0 Å². The highest BCUT2D eigenvalue weighted by Crippen LogP contribution is 2.29. The molecule has 1 aromatic carbocycles. The van der Waals surface area contributed by atoms with Crippen molar-refractivity contribution in [1.29, 1.82) is 0 Å². The summed E-state index contributed by atoms with van der Waals surface area (Å²) in [6.07, 6.45) is 0.336. The number of nitrogens with zero attached hydrogens (tertiary/aromatic N) is 3. The zero-order chi connectivity index (χ0) is 22.6. The van der Waals surface area contributed by atoms with Crippen LogP contribution in [0.2, 0.25) is 0 Å². The quantitative estimate of drug-likeness (QED) is 0.708. The first-order valence-electron chi connectivity index (χ1n) is 10.8. The maximum absolute atomic E-state index is 12.7. The number of hydrogen-bond donors (Lipinski definition) is 1. The molecule has 1 aliphatic heterocycles. The number of amides is 2. The van der Waals surface area contributed by atoms with E-state index in [0.29, 0.717) is 30.2 Å². The molecule has 1 aromatic heterocycles. The Balaban J connectivity index is 1.61. The van der Waals surface area contributed by atoms with Crippen LogP contribution in [0.25, 0.3) is 0 Å². The molecule has 0 fully saturated rings. The van der Waals surface area contributed by atoms with Gasteiger partial charge in [0.1, 0.15) is 5.60 Å². The van der Waals surface area contributed by atoms with Crippen molar-refractivity contribution < 1.29 is 14.3 Å². The summed E-state index contributed by atoms with van der Waals surface area (Å²) in [5.74, 6) is -0.176. The maximum Gasteiger partial charge on any atom is 0.410 e. The molecular weight excluding hydrogens is 412 g/mol. The molecule has 31 heavy (non-hydrogen) atoms. The number of carbonyl (C=O) groups excluding carboxylic acids is 2. The van der Waals surface area contributed by atoms with Gasteiger partial charge in [0.15, 0.2) is 5.13 Å². The Morgan fingerprint density at radius 1 is 1.19 bits per heavy atom. The summed E-state index contributed by atoms with van der Waals surface area (Å²) in [6, 6.07) is 7.70. The molecular formula is C23H32N4O3S. The van der Waals surface area contributed by atoms with Crippen LogP contribution in [0.4, 0.5) is 9.93 Å². The van der Waals surface area contributed by atoms with Crippen molar-refractivity contribution >= 4 is 28.5 Å². The predicted octanol–water partition coefficient (Wildman–Crippen LogP) is 4.53. The number of anilines is 1. The molecule has 2 heterocycles. The minimum absolute atomic E-state index is 0.176. The maximum atomic E-state index is 12.7. The average Bonchev–Trinajstić information content (AvgIpc) is 3.12. The fourth-order valence-electron chi connectivity index (χ4n) is 3.37. The van der Waals surface area contributed by atoms with Crippen LogP contribution < -0.4 is 5.32 Å². The highest BCUT2D eigenvalue weighted by Gasteiger charge is 2.28. The number of ether oxygens (including phenoxy) is 1. The van der Waals surface area contributed by atoms with Gasteiger partial charge in [-0.1, -0.05) is 37.3 Å². The lowest BCUT2D eigenvalue weighted by Crippen LogP contribution is -2.39. The van der Waals surface area contributed by atoms with Crippen LogP contribution >= 0.6 is 11.3 Å². The molecule has 0 saturated carbocycles. The van der Waals surface area contributed by atoms with Crippen molar-refractivity contribution in [2.45, 2.75) is 59.7 Å². The Labute approximate surface area is 188 Å². The molecule has 0 aliphatic carbocycles. The largest absolute Gasteiger partial charge is 0.444 e. The van der Waals surface area contributed by atoms with Gasteiger partial charge in [-0.15, -0.1) is 0 Å². The number of thiazole rings is 1. The number of aromatic nitrogens is 1. The molecule has 0 atom stereocenters. The van der Waals surface area contributed by atoms with Gasteiger partial charge in [-0.2, -0.15) is 0 Å². The van der Waals surface area contributed by atoms with Crippen LogP contribution in [0, 0.1) is 0 Å². The number of hydrogen-bond acceptors (Lipinski definition) is 6. The van der Waals surface area contributed by atoms with E-state index in [1.807, 2.05) is 45.0 Å². The first-order chi connectivity index (χ1) is 14.7. The molecule has 0 radical (unpaired) electrons. The topological polar surface area (TPSA) is 74.8 Å². The molecule has 168 valence electrons. The monoisotopic (exact) mass is 444 g/mol. The summed E-state index contributed by atoms with van der Waals surface area (Å²) in [4.78, 5) is 34.6. The number of rotatable bonds is 6. The van der Waals surface area contributed by atoms with E-state index < -0.39 is 5.60 Å². The number of nitrogens with one attached hydrogen (secondary N) is 1. The Bertz CT molecular complexity index is 914. The summed E-state index contributed by atoms with van der Waals surface area (Å²) in [6.45, 7) is 13.8. The van der Waals surface area contributed by atoms with Crippen molar-refractivity contribution in [3.63, 3.8) is 0 Å². The first-order valence-corrected chi connectivity index (χ1v) is 11.6. The number of benzene rings is 1. The molecule has 0 unspecified atom stereocenters. The Morgan fingerprint density at radius 2 is 1.87 bits per heavy atom. The third kappa shape index (κ3) is 6.27. The molecule has 0 bridgehead atoms. The van der Waals surface area contributed by atoms with E-state index in [4.69, 9.17) is 4.74 Å². The fraction of sp³-hybridized carbons (Fsp3) is 0.522. The van der Waals surface area contributed by atoms with Gasteiger partial charge in [0.05, 0.1) is 12.2 Å². The van der Waals surface area contributed by atoms with E-state index in [1.54, 1.807) is 4.90 Å². The minimum atomic E-state index is -0.523. The second-order valence-electron chi connectivity index (χ2n) is 8.65. The average molecular weight is 445 g/mol. The standard InChI is InChI=1S/C23H32N4O3S/c1-6-26(7-2)14-16-8-10-17(11-9-16)20(28)25-21-24-18-12-13-27(15-19(18)31-21)22(29)30-23(3,4)5/h8-11H,6-7,12-15H2,1-5H3,(H,24,25,28). The molecule has 0 spiro atoms. The molecule has 8 heteroatoms. The van der Waals surface area contributed by atoms with Crippen molar-refractivity contribution in [2.24, 2.45) is 0 Å². The van der Waals surface area contributed by atoms with E-state index in [9.17, 15) is 9.59 Å². The van der Waals surface area contributed by atoms with Crippen LogP contribution in [0.15, 0.2) is 24.3 Å². The molecule has 0 saturated heterocycles. The van der Waals surface area contributed by atoms with Gasteiger partial charge in [-0.3, -0.25) is 15.0 Å². The number of fused-ring (bicyclic) bond motifs is 1. The fourth-order valence-corrected chi connectivity index (χ4v) is 4.39. The van der Waals surface area contributed by atoms with Crippen LogP contribution in [0.3, 0.4) is 0 Å². The molecule has 7 nitrogen and oxygen atoms in total. The van der Waals surface area contributed by atoms with Crippen LogP contribution in [-0.2, 0) is 24.2 Å². The Morgan fingerprint density at radius 3 is 2.48 bits per heavy atom. The van der Waals surface area contributed by atoms with Gasteiger partial charge >= 0.3 is 6.09 Å². The van der Waals surface area contributed by atoms with Crippen molar-refractivity contribution in [2.75, 3.05) is 25.0 Å². The van der Waals surface area contributed by atoms with E-state index in [0.717, 1.165) is 30.2 Å². The van der Waals surface area contributed by atoms with E-state index in [2.05, 4.69) is 29.0 Å². The zero-order valence-corrected chi connectivity index (χ0v) is 19.8. The lowest BCUT2D eigenvalue weighted by Gasteiger charge is -2.29. The highest BCUT2D eigenvalue weighted by atomic mass is 32.1. The van der Waals surface area contributed by atoms with Crippen LogP contribution in [0.1, 0.15) is 61.1 Å². The predicted molar refractivity (Wildman–Crippen MR) is 123 cm³/mol. The lowest BCUT2D eigenvalue weighted by atomic mass is 10.1. The zero-order valence-electron chi connectivity index (χ0n) is 19.0. The highest BCUT2D eigenvalue weighted by molar-refractivity contribution is 7.15. The van der Waals surface area contributed by atoms with Gasteiger partial charge in [0.25, 0.3) is 5.91 Å². The smallest absolute Gasteiger partial charge is 0.410 e. The van der Waals surface area contributed by atoms with Gasteiger partial charge < -0.3 is 9.64 Å². The third-order valence-electron chi connectivity index (χ3n) is 5.12. The Kier molecular flexibility index (Phi) is 7.33. The molecule has 2 amide bonds. The van der Waals surface area contributed by atoms with Gasteiger partial charge in [0.2, 0.25) is 0 Å². The second-order valence-corrected chi connectivity index (χ2v) is 9.74. The summed E-state index contributed by atoms with van der Waals surface area (Å²) >= 11 is 1.42. The first kappa shape index (κ1) is 23.2. The minimum Gasteiger partial charge on any atom is -0.444 e. The normalized spacial score (nSPS) is 13.8. The van der Waals surface area contributed by atoms with Gasteiger partial charge in [0, 0.05) is 30.0 Å². The van der Waals surface area contributed by atoms with Crippen molar-refractivity contribution in [1.82, 2.24) is 14.8 Å². The summed E-state index contributed by atoms with van der Waals surface area (Å²) in [5.41, 5.74) is 2.21. The van der Waals surface area contributed by atoms with Gasteiger partial charge in [-0.05, 0) is 51.6 Å². The summed E-state index contributed by atoms with van der Waals surface area (Å²) in [7, 11) is 0. The number of carbonyl (C=O) groups is 2. The van der Waals surface area contributed by atoms with Gasteiger partial charge in [-0.25, -0.2) is 9.78 Å². The van der Waals surface area contributed by atoms with E-state index >= 15 is 0 Å². The molecule has 2 aromatic rings.